The fraction of sp³-hybridized carbons (Fsp3) is 0.200. The highest BCUT2D eigenvalue weighted by Gasteiger charge is 2.27. The topological polar surface area (TPSA) is 133 Å². The number of carboxylic acid groups (broad SMARTS) is 1. The molecule has 8 nitrogen and oxygen atoms in total. The van der Waals surface area contributed by atoms with Gasteiger partial charge in [-0.2, -0.15) is 4.57 Å². The molecule has 12 heteroatoms. The lowest BCUT2D eigenvalue weighted by Crippen LogP contribution is -2.32. The van der Waals surface area contributed by atoms with Crippen LogP contribution in [0.15, 0.2) is 47.4 Å². The van der Waals surface area contributed by atoms with Gasteiger partial charge in [-0.1, -0.05) is 18.2 Å². The van der Waals surface area contributed by atoms with Gasteiger partial charge in [0.15, 0.2) is 0 Å². The number of aromatic nitrogens is 1. The van der Waals surface area contributed by atoms with E-state index in [1.54, 1.807) is 12.1 Å². The van der Waals surface area contributed by atoms with Crippen LogP contribution >= 0.6 is 10.7 Å². The van der Waals surface area contributed by atoms with Gasteiger partial charge >= 0.3 is 5.97 Å². The maximum atomic E-state index is 12.5. The molecule has 0 atom stereocenters. The molecular formula is C25H23ClFNO7S2. The smallest absolute Gasteiger partial charge is 0.337 e. The summed E-state index contributed by atoms with van der Waals surface area (Å²) in [7, 11) is -1.83. The van der Waals surface area contributed by atoms with E-state index in [1.165, 1.54) is 12.1 Å². The Morgan fingerprint density at radius 3 is 1.92 bits per heavy atom. The molecule has 4 rings (SSSR count). The molecule has 3 aromatic carbocycles. The number of fused-ring (bicyclic) bond motifs is 2. The minimum Gasteiger partial charge on any atom is -0.722 e. The summed E-state index contributed by atoms with van der Waals surface area (Å²) in [5.74, 6) is -0.978. The summed E-state index contributed by atoms with van der Waals surface area (Å²) < 4.78 is 60.6. The number of pyridine rings is 1. The van der Waals surface area contributed by atoms with Crippen LogP contribution in [0.3, 0.4) is 0 Å². The molecule has 0 amide bonds. The van der Waals surface area contributed by atoms with Crippen LogP contribution < -0.4 is 4.57 Å². The van der Waals surface area contributed by atoms with E-state index >= 15 is 0 Å². The zero-order chi connectivity index (χ0) is 28.0. The predicted molar refractivity (Wildman–Crippen MR) is 138 cm³/mol. The molecule has 0 aliphatic rings. The van der Waals surface area contributed by atoms with Crippen molar-refractivity contribution in [1.82, 2.24) is 0 Å². The second-order valence-corrected chi connectivity index (χ2v) is 12.0. The molecule has 0 saturated carbocycles. The van der Waals surface area contributed by atoms with E-state index in [2.05, 4.69) is 0 Å². The molecule has 37 heavy (non-hydrogen) atoms. The number of nitrogens with zero attached hydrogens (tertiary/aromatic N) is 1. The molecule has 0 aliphatic carbocycles. The summed E-state index contributed by atoms with van der Waals surface area (Å²) in [6.45, 7) is 7.82. The number of rotatable bonds is 3. The van der Waals surface area contributed by atoms with Crippen molar-refractivity contribution in [2.45, 2.75) is 32.6 Å². The second-order valence-electron chi connectivity index (χ2n) is 8.66. The fourth-order valence-electron chi connectivity index (χ4n) is 4.77. The van der Waals surface area contributed by atoms with Gasteiger partial charge < -0.3 is 9.66 Å². The second kappa shape index (κ2) is 9.97. The molecule has 0 bridgehead atoms. The highest BCUT2D eigenvalue weighted by atomic mass is 35.7. The van der Waals surface area contributed by atoms with Crippen LogP contribution in [-0.4, -0.2) is 32.5 Å². The Hall–Kier alpha value is -3.12. The lowest BCUT2D eigenvalue weighted by Gasteiger charge is -2.17. The maximum Gasteiger partial charge on any atom is 0.337 e. The summed E-state index contributed by atoms with van der Waals surface area (Å²) in [4.78, 5) is 12.5. The highest BCUT2D eigenvalue weighted by molar-refractivity contribution is 8.13. The number of carbonyl (C=O) groups is 1. The third kappa shape index (κ3) is 5.90. The van der Waals surface area contributed by atoms with Crippen molar-refractivity contribution in [1.29, 1.82) is 0 Å². The van der Waals surface area contributed by atoms with Gasteiger partial charge in [-0.25, -0.2) is 21.6 Å². The molecule has 1 heterocycles. The first-order valence-electron chi connectivity index (χ1n) is 10.7. The fourth-order valence-corrected chi connectivity index (χ4v) is 5.54. The van der Waals surface area contributed by atoms with E-state index in [0.29, 0.717) is 5.39 Å². The number of carboxylic acids is 1. The van der Waals surface area contributed by atoms with Crippen LogP contribution in [0.5, 0.6) is 0 Å². The van der Waals surface area contributed by atoms with Gasteiger partial charge in [0.1, 0.15) is 7.05 Å². The molecule has 4 aromatic rings. The van der Waals surface area contributed by atoms with Crippen LogP contribution in [0, 0.1) is 27.7 Å². The minimum absolute atomic E-state index is 0.0219. The average Bonchev–Trinajstić information content (AvgIpc) is 2.73. The third-order valence-corrected chi connectivity index (χ3v) is 7.44. The van der Waals surface area contributed by atoms with Crippen LogP contribution in [0.1, 0.15) is 32.6 Å². The van der Waals surface area contributed by atoms with E-state index in [-0.39, 0.29) is 10.5 Å². The van der Waals surface area contributed by atoms with Crippen molar-refractivity contribution in [3.05, 3.63) is 70.3 Å². The van der Waals surface area contributed by atoms with E-state index in [0.717, 1.165) is 49.8 Å². The van der Waals surface area contributed by atoms with E-state index < -0.39 is 25.5 Å². The van der Waals surface area contributed by atoms with Gasteiger partial charge in [0.05, 0.1) is 21.2 Å². The Balaban J connectivity index is 0.000000695. The highest BCUT2D eigenvalue weighted by Crippen LogP contribution is 2.37. The molecule has 1 aromatic heterocycles. The molecular weight excluding hydrogens is 545 g/mol. The van der Waals surface area contributed by atoms with Gasteiger partial charge in [-0.05, 0) is 73.2 Å². The molecule has 1 N–H and O–H groups in total. The van der Waals surface area contributed by atoms with Crippen molar-refractivity contribution in [2.75, 3.05) is 0 Å². The van der Waals surface area contributed by atoms with Crippen molar-refractivity contribution < 1.29 is 39.7 Å². The zero-order valence-electron chi connectivity index (χ0n) is 20.5. The van der Waals surface area contributed by atoms with Crippen molar-refractivity contribution >= 4 is 58.0 Å². The molecule has 0 fully saturated rings. The number of hydrogen-bond donors (Lipinski definition) is 1. The zero-order valence-corrected chi connectivity index (χ0v) is 22.8. The normalized spacial score (nSPS) is 11.9. The van der Waals surface area contributed by atoms with Crippen LogP contribution in [0.4, 0.5) is 3.89 Å². The van der Waals surface area contributed by atoms with Gasteiger partial charge in [0.25, 0.3) is 19.6 Å². The largest absolute Gasteiger partial charge is 0.722 e. The van der Waals surface area contributed by atoms with Crippen LogP contribution in [0.25, 0.3) is 32.9 Å². The standard InChI is InChI=1S/C25H22ClNO4S.FHO3S/c1-13-10-14(2)22-19(11-13)27(5)20-12-15(3)21(16(4)23(20)24(22)25(28)29)17-6-8-18(9-7-17)32(26,30)31;1-5(2,3)4/h6-12H,1-5H3;(H,2,3,4). The molecule has 0 saturated heterocycles. The van der Waals surface area contributed by atoms with Crippen molar-refractivity contribution in [2.24, 2.45) is 7.05 Å². The van der Waals surface area contributed by atoms with E-state index in [1.807, 2.05) is 57.5 Å². The summed E-state index contributed by atoms with van der Waals surface area (Å²) in [6, 6.07) is 12.3. The Morgan fingerprint density at radius 2 is 1.43 bits per heavy atom. The average molecular weight is 568 g/mol. The molecule has 0 spiro atoms. The number of hydrogen-bond acceptors (Lipinski definition) is 6. The van der Waals surface area contributed by atoms with Crippen molar-refractivity contribution in [3.8, 4) is 11.1 Å². The van der Waals surface area contributed by atoms with E-state index in [9.17, 15) is 22.2 Å². The quantitative estimate of drug-likeness (QED) is 0.163. The van der Waals surface area contributed by atoms with E-state index in [4.69, 9.17) is 23.7 Å². The minimum atomic E-state index is -5.42. The van der Waals surface area contributed by atoms with Crippen LogP contribution in [0.2, 0.25) is 0 Å². The molecule has 0 unspecified atom stereocenters. The number of halogens is 2. The number of aryl methyl sites for hydroxylation is 5. The number of benzene rings is 3. The predicted octanol–water partition coefficient (Wildman–Crippen LogP) is 4.76. The Labute approximate surface area is 218 Å². The Kier molecular flexibility index (Phi) is 7.67. The monoisotopic (exact) mass is 567 g/mol. The van der Waals surface area contributed by atoms with Gasteiger partial charge in [0, 0.05) is 22.8 Å². The SMILES string of the molecule is Cc1cc(C)c2c(C(=O)O)c3c(C)c(-c4ccc(S(=O)(=O)Cl)cc4)c(C)cc3[n+](C)c2c1.O=S(=O)([O-])F. The lowest BCUT2D eigenvalue weighted by molar-refractivity contribution is -0.617. The van der Waals surface area contributed by atoms with Gasteiger partial charge in [0.2, 0.25) is 11.0 Å². The third-order valence-electron chi connectivity index (χ3n) is 6.07. The van der Waals surface area contributed by atoms with Crippen LogP contribution in [-0.2, 0) is 26.6 Å². The van der Waals surface area contributed by atoms with Crippen molar-refractivity contribution in [3.63, 3.8) is 0 Å². The maximum absolute atomic E-state index is 12.5. The number of aromatic carboxylic acids is 1. The first kappa shape index (κ1) is 28.5. The first-order valence-corrected chi connectivity index (χ1v) is 14.3. The Morgan fingerprint density at radius 1 is 0.919 bits per heavy atom. The van der Waals surface area contributed by atoms with Gasteiger partial charge in [-0.3, -0.25) is 0 Å². The summed E-state index contributed by atoms with van der Waals surface area (Å²) >= 11 is 0. The summed E-state index contributed by atoms with van der Waals surface area (Å²) in [6.07, 6.45) is 0. The molecule has 196 valence electrons. The first-order chi connectivity index (χ1) is 16.9. The summed E-state index contributed by atoms with van der Waals surface area (Å²) in [5.41, 5.74) is 7.43. The summed E-state index contributed by atoms with van der Waals surface area (Å²) in [5, 5.41) is 11.7. The van der Waals surface area contributed by atoms with Gasteiger partial charge in [-0.15, -0.1) is 3.89 Å². The Bertz CT molecular complexity index is 1790. The molecule has 0 aliphatic heterocycles. The lowest BCUT2D eigenvalue weighted by atomic mass is 9.88. The molecule has 0 radical (unpaired) electrons.